The SMILES string of the molecule is NC(=NO)C1CCN(C(=O)C(C(F)(F)F)C(F)(F)F)CC1. The lowest BCUT2D eigenvalue weighted by Crippen LogP contribution is -2.52. The Morgan fingerprint density at radius 3 is 1.90 bits per heavy atom. The maximum absolute atomic E-state index is 12.4. The highest BCUT2D eigenvalue weighted by atomic mass is 19.4. The van der Waals surface area contributed by atoms with E-state index in [0.717, 1.165) is 0 Å². The highest BCUT2D eigenvalue weighted by molar-refractivity contribution is 5.83. The predicted molar refractivity (Wildman–Crippen MR) is 58.3 cm³/mol. The van der Waals surface area contributed by atoms with Gasteiger partial charge in [-0.15, -0.1) is 0 Å². The summed E-state index contributed by atoms with van der Waals surface area (Å²) < 4.78 is 74.6. The molecule has 0 aliphatic carbocycles. The van der Waals surface area contributed by atoms with Crippen LogP contribution in [0.3, 0.4) is 0 Å². The average Bonchev–Trinajstić information content (AvgIpc) is 2.34. The van der Waals surface area contributed by atoms with Gasteiger partial charge in [0, 0.05) is 19.0 Å². The van der Waals surface area contributed by atoms with E-state index in [1.54, 1.807) is 0 Å². The van der Waals surface area contributed by atoms with Crippen LogP contribution in [0, 0.1) is 11.8 Å². The Morgan fingerprint density at radius 2 is 1.57 bits per heavy atom. The van der Waals surface area contributed by atoms with Crippen LogP contribution in [0.25, 0.3) is 0 Å². The zero-order valence-corrected chi connectivity index (χ0v) is 10.6. The van der Waals surface area contributed by atoms with Crippen molar-refractivity contribution in [2.24, 2.45) is 22.7 Å². The molecular weight excluding hydrogens is 308 g/mol. The number of halogens is 6. The average molecular weight is 321 g/mol. The molecular formula is C10H13F6N3O2. The summed E-state index contributed by atoms with van der Waals surface area (Å²) >= 11 is 0. The number of amides is 1. The van der Waals surface area contributed by atoms with E-state index in [1.807, 2.05) is 0 Å². The molecule has 0 saturated carbocycles. The summed E-state index contributed by atoms with van der Waals surface area (Å²) in [7, 11) is 0. The van der Waals surface area contributed by atoms with Gasteiger partial charge in [-0.3, -0.25) is 4.79 Å². The van der Waals surface area contributed by atoms with Gasteiger partial charge in [0.05, 0.1) is 0 Å². The van der Waals surface area contributed by atoms with Crippen LogP contribution in [0.4, 0.5) is 26.3 Å². The molecule has 122 valence electrons. The molecule has 5 nitrogen and oxygen atoms in total. The third-order valence-electron chi connectivity index (χ3n) is 3.24. The second kappa shape index (κ2) is 5.98. The summed E-state index contributed by atoms with van der Waals surface area (Å²) in [5.74, 6) is -6.68. The van der Waals surface area contributed by atoms with Gasteiger partial charge < -0.3 is 15.8 Å². The second-order valence-corrected chi connectivity index (χ2v) is 4.64. The smallest absolute Gasteiger partial charge is 0.409 e. The minimum absolute atomic E-state index is 0.0318. The number of hydrogen-bond donors (Lipinski definition) is 2. The van der Waals surface area contributed by atoms with E-state index in [4.69, 9.17) is 10.9 Å². The van der Waals surface area contributed by atoms with Crippen molar-refractivity contribution in [2.75, 3.05) is 13.1 Å². The summed E-state index contributed by atoms with van der Waals surface area (Å²) in [5, 5.41) is 11.2. The standard InChI is InChI=1S/C10H13F6N3O2/c11-9(12,13)6(10(14,15)16)8(20)19-3-1-5(2-4-19)7(17)18-21/h5-6,21H,1-4H2,(H2,17,18). The van der Waals surface area contributed by atoms with Crippen LogP contribution in [0.1, 0.15) is 12.8 Å². The minimum Gasteiger partial charge on any atom is -0.409 e. The van der Waals surface area contributed by atoms with Crippen molar-refractivity contribution in [3.05, 3.63) is 0 Å². The number of piperidine rings is 1. The molecule has 1 fully saturated rings. The molecule has 1 heterocycles. The Hall–Kier alpha value is -1.68. The van der Waals surface area contributed by atoms with E-state index >= 15 is 0 Å². The van der Waals surface area contributed by atoms with Crippen LogP contribution in [-0.4, -0.2) is 47.3 Å². The fraction of sp³-hybridized carbons (Fsp3) is 0.800. The molecule has 1 saturated heterocycles. The molecule has 3 N–H and O–H groups in total. The molecule has 0 aromatic heterocycles. The van der Waals surface area contributed by atoms with Crippen molar-refractivity contribution >= 4 is 11.7 Å². The van der Waals surface area contributed by atoms with E-state index in [-0.39, 0.29) is 31.8 Å². The Bertz CT molecular complexity index is 398. The van der Waals surface area contributed by atoms with Crippen LogP contribution in [0.2, 0.25) is 0 Å². The van der Waals surface area contributed by atoms with Crippen molar-refractivity contribution in [2.45, 2.75) is 25.2 Å². The van der Waals surface area contributed by atoms with Crippen LogP contribution >= 0.6 is 0 Å². The van der Waals surface area contributed by atoms with Crippen molar-refractivity contribution in [3.8, 4) is 0 Å². The zero-order valence-electron chi connectivity index (χ0n) is 10.6. The Kier molecular flexibility index (Phi) is 4.95. The lowest BCUT2D eigenvalue weighted by Gasteiger charge is -2.34. The number of amidine groups is 1. The van der Waals surface area contributed by atoms with Gasteiger partial charge in [0.1, 0.15) is 5.84 Å². The molecule has 1 aliphatic rings. The van der Waals surface area contributed by atoms with Gasteiger partial charge in [-0.2, -0.15) is 26.3 Å². The number of carbonyl (C=O) groups excluding carboxylic acids is 1. The topological polar surface area (TPSA) is 78.9 Å². The van der Waals surface area contributed by atoms with Gasteiger partial charge in [0.15, 0.2) is 0 Å². The van der Waals surface area contributed by atoms with Crippen LogP contribution in [-0.2, 0) is 4.79 Å². The van der Waals surface area contributed by atoms with Gasteiger partial charge in [0.25, 0.3) is 0 Å². The Labute approximate surface area is 115 Å². The Morgan fingerprint density at radius 1 is 1.14 bits per heavy atom. The van der Waals surface area contributed by atoms with Crippen molar-refractivity contribution in [1.82, 2.24) is 4.90 Å². The van der Waals surface area contributed by atoms with Gasteiger partial charge in [0.2, 0.25) is 11.8 Å². The predicted octanol–water partition coefficient (Wildman–Crippen LogP) is 1.71. The van der Waals surface area contributed by atoms with E-state index < -0.39 is 30.1 Å². The van der Waals surface area contributed by atoms with Crippen molar-refractivity contribution < 1.29 is 36.3 Å². The zero-order chi connectivity index (χ0) is 16.4. The third-order valence-corrected chi connectivity index (χ3v) is 3.24. The molecule has 21 heavy (non-hydrogen) atoms. The quantitative estimate of drug-likeness (QED) is 0.267. The molecule has 0 unspecified atom stereocenters. The first kappa shape index (κ1) is 17.4. The summed E-state index contributed by atoms with van der Waals surface area (Å²) in [6.07, 6.45) is -11.3. The highest BCUT2D eigenvalue weighted by Gasteiger charge is 2.62. The molecule has 11 heteroatoms. The molecule has 0 radical (unpaired) electrons. The number of likely N-dealkylation sites (tertiary alicyclic amines) is 1. The summed E-state index contributed by atoms with van der Waals surface area (Å²) in [6, 6.07) is 0. The lowest BCUT2D eigenvalue weighted by molar-refractivity contribution is -0.277. The summed E-state index contributed by atoms with van der Waals surface area (Å²) in [5.41, 5.74) is 5.30. The molecule has 0 bridgehead atoms. The number of oxime groups is 1. The first-order valence-corrected chi connectivity index (χ1v) is 5.88. The van der Waals surface area contributed by atoms with Crippen molar-refractivity contribution in [1.29, 1.82) is 0 Å². The summed E-state index contributed by atoms with van der Waals surface area (Å²) in [4.78, 5) is 12.0. The molecule has 1 rings (SSSR count). The minimum atomic E-state index is -5.70. The number of alkyl halides is 6. The van der Waals surface area contributed by atoms with Gasteiger partial charge >= 0.3 is 12.4 Å². The largest absolute Gasteiger partial charge is 0.409 e. The Balaban J connectivity index is 2.80. The number of hydrogen-bond acceptors (Lipinski definition) is 3. The van der Waals surface area contributed by atoms with Crippen molar-refractivity contribution in [3.63, 3.8) is 0 Å². The molecule has 1 aliphatic heterocycles. The molecule has 0 aromatic carbocycles. The molecule has 0 atom stereocenters. The second-order valence-electron chi connectivity index (χ2n) is 4.64. The number of nitrogens with two attached hydrogens (primary N) is 1. The number of carbonyl (C=O) groups is 1. The number of rotatable bonds is 2. The summed E-state index contributed by atoms with van der Waals surface area (Å²) in [6.45, 7) is -0.634. The van der Waals surface area contributed by atoms with E-state index in [0.29, 0.717) is 4.90 Å². The number of nitrogens with zero attached hydrogens (tertiary/aromatic N) is 2. The maximum atomic E-state index is 12.4. The first-order chi connectivity index (χ1) is 9.48. The van der Waals surface area contributed by atoms with Gasteiger partial charge in [-0.05, 0) is 12.8 Å². The fourth-order valence-electron chi connectivity index (χ4n) is 2.13. The maximum Gasteiger partial charge on any atom is 0.409 e. The fourth-order valence-corrected chi connectivity index (χ4v) is 2.13. The molecule has 1 amide bonds. The van der Waals surface area contributed by atoms with E-state index in [2.05, 4.69) is 5.16 Å². The van der Waals surface area contributed by atoms with Crippen LogP contribution in [0.15, 0.2) is 5.16 Å². The molecule has 0 spiro atoms. The highest BCUT2D eigenvalue weighted by Crippen LogP contribution is 2.40. The van der Waals surface area contributed by atoms with Crippen LogP contribution in [0.5, 0.6) is 0 Å². The van der Waals surface area contributed by atoms with Gasteiger partial charge in [-0.1, -0.05) is 5.16 Å². The van der Waals surface area contributed by atoms with Crippen LogP contribution < -0.4 is 5.73 Å². The van der Waals surface area contributed by atoms with Gasteiger partial charge in [-0.25, -0.2) is 0 Å². The lowest BCUT2D eigenvalue weighted by atomic mass is 9.94. The molecule has 0 aromatic rings. The third kappa shape index (κ3) is 4.14. The van der Waals surface area contributed by atoms with E-state index in [1.165, 1.54) is 0 Å². The first-order valence-electron chi connectivity index (χ1n) is 5.88. The van der Waals surface area contributed by atoms with E-state index in [9.17, 15) is 31.1 Å². The normalized spacial score (nSPS) is 19.2. The monoisotopic (exact) mass is 321 g/mol.